The average Bonchev–Trinajstić information content (AvgIpc) is 3.66. The maximum Gasteiger partial charge on any atom is 0.255 e. The van der Waals surface area contributed by atoms with Gasteiger partial charge in [0.05, 0.1) is 23.5 Å². The largest absolute Gasteiger partial charge is 0.455 e. The number of hydrogen-bond donors (Lipinski definition) is 1. The van der Waals surface area contributed by atoms with Gasteiger partial charge >= 0.3 is 0 Å². The quantitative estimate of drug-likeness (QED) is 0.279. The third kappa shape index (κ3) is 4.70. The van der Waals surface area contributed by atoms with Crippen molar-refractivity contribution in [1.29, 1.82) is 0 Å². The summed E-state index contributed by atoms with van der Waals surface area (Å²) in [5, 5.41) is 3.14. The Morgan fingerprint density at radius 3 is 2.50 bits per heavy atom. The van der Waals surface area contributed by atoms with Crippen molar-refractivity contribution in [1.82, 2.24) is 15.2 Å². The number of rotatable bonds is 6. The molecule has 3 aromatic carbocycles. The lowest BCUT2D eigenvalue weighted by molar-refractivity contribution is 0.0964. The second-order valence-electron chi connectivity index (χ2n) is 10.6. The zero-order chi connectivity index (χ0) is 29.9. The van der Waals surface area contributed by atoms with Crippen LogP contribution in [0.2, 0.25) is 0 Å². The van der Waals surface area contributed by atoms with E-state index in [1.54, 1.807) is 24.3 Å². The minimum atomic E-state index is -3.67. The molecule has 42 heavy (non-hydrogen) atoms. The van der Waals surface area contributed by atoms with Crippen LogP contribution in [0.4, 0.5) is 14.5 Å². The highest BCUT2D eigenvalue weighted by atomic mass is 32.2. The molecule has 9 nitrogen and oxygen atoms in total. The molecule has 2 aromatic heterocycles. The first-order valence-corrected chi connectivity index (χ1v) is 15.1. The normalized spacial score (nSPS) is 17.8. The predicted molar refractivity (Wildman–Crippen MR) is 155 cm³/mol. The third-order valence-corrected chi connectivity index (χ3v) is 9.09. The van der Waals surface area contributed by atoms with Crippen LogP contribution in [0.3, 0.4) is 0 Å². The number of halogens is 2. The molecular weight excluding hydrogens is 566 g/mol. The van der Waals surface area contributed by atoms with Crippen molar-refractivity contribution >= 4 is 43.7 Å². The Hall–Kier alpha value is -4.29. The third-order valence-electron chi connectivity index (χ3n) is 7.89. The Morgan fingerprint density at radius 1 is 1.10 bits per heavy atom. The number of likely N-dealkylation sites (tertiary alicyclic amines) is 1. The van der Waals surface area contributed by atoms with Crippen molar-refractivity contribution in [3.63, 3.8) is 0 Å². The first kappa shape index (κ1) is 27.9. The number of carbonyl (C=O) groups is 1. The number of anilines is 1. The van der Waals surface area contributed by atoms with Gasteiger partial charge in [0.15, 0.2) is 11.4 Å². The molecule has 0 bridgehead atoms. The summed E-state index contributed by atoms with van der Waals surface area (Å²) in [5.74, 6) is -0.905. The zero-order valence-electron chi connectivity index (χ0n) is 23.3. The molecule has 0 saturated carbocycles. The smallest absolute Gasteiger partial charge is 0.255 e. The van der Waals surface area contributed by atoms with E-state index >= 15 is 0 Å². The molecule has 218 valence electrons. The van der Waals surface area contributed by atoms with E-state index in [0.29, 0.717) is 52.2 Å². The monoisotopic (exact) mass is 594 g/mol. The van der Waals surface area contributed by atoms with Crippen molar-refractivity contribution < 1.29 is 30.8 Å². The van der Waals surface area contributed by atoms with Gasteiger partial charge in [-0.15, -0.1) is 0 Å². The van der Waals surface area contributed by atoms with E-state index in [9.17, 15) is 22.0 Å². The number of carbonyl (C=O) groups excluding carboxylic acids is 1. The van der Waals surface area contributed by atoms with Gasteiger partial charge in [-0.1, -0.05) is 6.07 Å². The molecular formula is C30H28F2N4O5S. The van der Waals surface area contributed by atoms with Gasteiger partial charge in [-0.2, -0.15) is 0 Å². The molecule has 1 fully saturated rings. The molecule has 6 rings (SSSR count). The lowest BCUT2D eigenvalue weighted by Crippen LogP contribution is -2.26. The maximum atomic E-state index is 14.3. The van der Waals surface area contributed by atoms with Gasteiger partial charge in [0.1, 0.15) is 22.7 Å². The van der Waals surface area contributed by atoms with Crippen LogP contribution in [0.5, 0.6) is 0 Å². The first-order valence-electron chi connectivity index (χ1n) is 13.2. The molecule has 1 amide bonds. The second-order valence-corrected chi connectivity index (χ2v) is 12.6. The highest BCUT2D eigenvalue weighted by Crippen LogP contribution is 2.46. The topological polar surface area (TPSA) is 109 Å². The summed E-state index contributed by atoms with van der Waals surface area (Å²) >= 11 is 0. The van der Waals surface area contributed by atoms with Gasteiger partial charge in [-0.3, -0.25) is 14.0 Å². The van der Waals surface area contributed by atoms with E-state index in [1.165, 1.54) is 48.7 Å². The molecule has 3 heterocycles. The highest BCUT2D eigenvalue weighted by Gasteiger charge is 2.37. The Labute approximate surface area is 240 Å². The molecule has 1 saturated heterocycles. The van der Waals surface area contributed by atoms with Crippen molar-refractivity contribution in [3.8, 4) is 11.3 Å². The summed E-state index contributed by atoms with van der Waals surface area (Å²) in [5.41, 5.74) is 2.65. The summed E-state index contributed by atoms with van der Waals surface area (Å²) < 4.78 is 66.7. The molecule has 1 aliphatic rings. The first-order chi connectivity index (χ1) is 20.0. The van der Waals surface area contributed by atoms with Gasteiger partial charge in [0.2, 0.25) is 15.9 Å². The lowest BCUT2D eigenvalue weighted by atomic mass is 9.92. The van der Waals surface area contributed by atoms with Crippen LogP contribution >= 0.6 is 0 Å². The number of nitrogens with one attached hydrogen (secondary N) is 1. The van der Waals surface area contributed by atoms with E-state index in [4.69, 9.17) is 8.83 Å². The number of aromatic nitrogens is 1. The van der Waals surface area contributed by atoms with E-state index in [0.717, 1.165) is 6.26 Å². The van der Waals surface area contributed by atoms with E-state index in [2.05, 4.69) is 10.3 Å². The van der Waals surface area contributed by atoms with Crippen LogP contribution in [-0.4, -0.2) is 58.2 Å². The highest BCUT2D eigenvalue weighted by molar-refractivity contribution is 7.92. The van der Waals surface area contributed by atoms with E-state index in [1.807, 2.05) is 11.9 Å². The molecule has 2 atom stereocenters. The number of para-hydroxylation sites is 1. The molecule has 12 heteroatoms. The lowest BCUT2D eigenvalue weighted by Gasteiger charge is -2.23. The molecule has 0 aliphatic carbocycles. The van der Waals surface area contributed by atoms with Gasteiger partial charge in [-0.05, 0) is 61.5 Å². The van der Waals surface area contributed by atoms with Crippen LogP contribution in [0, 0.1) is 11.6 Å². The number of amides is 1. The van der Waals surface area contributed by atoms with Gasteiger partial charge in [0.25, 0.3) is 5.91 Å². The van der Waals surface area contributed by atoms with E-state index in [-0.39, 0.29) is 28.8 Å². The Balaban J connectivity index is 1.51. The fourth-order valence-electron chi connectivity index (χ4n) is 5.67. The van der Waals surface area contributed by atoms with Crippen LogP contribution in [-0.2, 0) is 10.0 Å². The molecule has 0 spiro atoms. The number of likely N-dealkylation sites (N-methyl/N-ethyl adjacent to an activating group) is 1. The van der Waals surface area contributed by atoms with E-state index < -0.39 is 27.6 Å². The predicted octanol–water partition coefficient (Wildman–Crippen LogP) is 5.44. The fourth-order valence-corrected chi connectivity index (χ4v) is 6.19. The maximum absolute atomic E-state index is 14.3. The number of furan rings is 1. The van der Waals surface area contributed by atoms with Crippen LogP contribution in [0.1, 0.15) is 40.2 Å². The second kappa shape index (κ2) is 10.2. The van der Waals surface area contributed by atoms with Gasteiger partial charge < -0.3 is 14.2 Å². The molecule has 1 unspecified atom stereocenters. The fraction of sp³-hybridized carbons (Fsp3) is 0.267. The minimum Gasteiger partial charge on any atom is -0.455 e. The van der Waals surface area contributed by atoms with Crippen molar-refractivity contribution in [2.45, 2.75) is 18.4 Å². The molecule has 1 aliphatic heterocycles. The minimum absolute atomic E-state index is 0.158. The molecule has 1 N–H and O–H groups in total. The van der Waals surface area contributed by atoms with Crippen molar-refractivity contribution in [2.75, 3.05) is 38.2 Å². The van der Waals surface area contributed by atoms with Crippen molar-refractivity contribution in [3.05, 3.63) is 83.2 Å². The summed E-state index contributed by atoms with van der Waals surface area (Å²) in [6.07, 6.45) is 1.61. The number of fused-ring (bicyclic) bond motifs is 2. The number of sulfonamides is 1. The summed E-state index contributed by atoms with van der Waals surface area (Å²) in [7, 11) is 1.19. The van der Waals surface area contributed by atoms with Crippen LogP contribution in [0.25, 0.3) is 33.4 Å². The van der Waals surface area contributed by atoms with Crippen LogP contribution < -0.4 is 9.62 Å². The summed E-state index contributed by atoms with van der Waals surface area (Å²) in [4.78, 5) is 19.6. The summed E-state index contributed by atoms with van der Waals surface area (Å²) in [6.45, 7) is 0.514. The summed E-state index contributed by atoms with van der Waals surface area (Å²) in [6, 6.07) is 13.2. The zero-order valence-corrected chi connectivity index (χ0v) is 24.1. The number of nitrogens with zero attached hydrogens (tertiary/aromatic N) is 3. The Bertz CT molecular complexity index is 1950. The van der Waals surface area contributed by atoms with Gasteiger partial charge in [-0.25, -0.2) is 22.2 Å². The Kier molecular flexibility index (Phi) is 6.77. The Morgan fingerprint density at radius 2 is 1.83 bits per heavy atom. The number of benzene rings is 3. The van der Waals surface area contributed by atoms with Crippen LogP contribution in [0.15, 0.2) is 63.4 Å². The van der Waals surface area contributed by atoms with Gasteiger partial charge in [0, 0.05) is 43.6 Å². The average molecular weight is 595 g/mol. The standard InChI is InChI=1S/C30H28F2N4O5S/c1-33-29(37)26-20-13-19(17-12-23(35(2)15-17)30-34-27-21(32)6-5-7-24(27)41-30)22(36(3)42(4,38)39)14-25(20)40-28(26)16-8-10-18(31)11-9-16/h5-11,13-14,17,23H,12,15H2,1-4H3,(H,33,37)/t17?,23-/m0/s1. The number of oxazole rings is 1. The van der Waals surface area contributed by atoms with Crippen molar-refractivity contribution in [2.24, 2.45) is 0 Å². The SMILES string of the molecule is CNC(=O)c1c(-c2ccc(F)cc2)oc2cc(N(C)S(C)(=O)=O)c(C3C[C@@H](c4nc5c(F)cccc5o4)N(C)C3)cc12. The molecule has 5 aromatic rings. The number of hydrogen-bond acceptors (Lipinski definition) is 7. The molecule has 0 radical (unpaired) electrons.